The zero-order valence-corrected chi connectivity index (χ0v) is 16.3. The van der Waals surface area contributed by atoms with E-state index >= 15 is 0 Å². The molecule has 9 nitrogen and oxygen atoms in total. The molecule has 0 aliphatic heterocycles. The lowest BCUT2D eigenvalue weighted by Crippen LogP contribution is -2.25. The van der Waals surface area contributed by atoms with Gasteiger partial charge in [-0.3, -0.25) is 14.9 Å². The van der Waals surface area contributed by atoms with E-state index in [1.54, 1.807) is 29.1 Å². The Morgan fingerprint density at radius 2 is 2.00 bits per heavy atom. The number of para-hydroxylation sites is 2. The van der Waals surface area contributed by atoms with Crippen LogP contribution in [0.3, 0.4) is 0 Å². The summed E-state index contributed by atoms with van der Waals surface area (Å²) in [5.74, 6) is 0.568. The molecule has 0 aliphatic carbocycles. The monoisotopic (exact) mass is 394 g/mol. The molecule has 0 fully saturated rings. The van der Waals surface area contributed by atoms with E-state index in [1.807, 2.05) is 32.0 Å². The highest BCUT2D eigenvalue weighted by Crippen LogP contribution is 2.22. The number of carbonyl (C=O) groups is 1. The summed E-state index contributed by atoms with van der Waals surface area (Å²) < 4.78 is 1.77. The number of amides is 1. The lowest BCUT2D eigenvalue weighted by atomic mass is 10.2. The van der Waals surface area contributed by atoms with Crippen molar-refractivity contribution in [1.29, 1.82) is 0 Å². The molecule has 0 spiro atoms. The number of aryl methyl sites for hydroxylation is 2. The summed E-state index contributed by atoms with van der Waals surface area (Å²) in [6.07, 6.45) is 1.90. The highest BCUT2D eigenvalue weighted by Gasteiger charge is 2.12. The summed E-state index contributed by atoms with van der Waals surface area (Å²) in [6.45, 7) is 4.55. The molecule has 29 heavy (non-hydrogen) atoms. The Bertz CT molecular complexity index is 1010. The van der Waals surface area contributed by atoms with Crippen molar-refractivity contribution in [1.82, 2.24) is 20.1 Å². The summed E-state index contributed by atoms with van der Waals surface area (Å²) in [4.78, 5) is 27.0. The van der Waals surface area contributed by atoms with Crippen molar-refractivity contribution in [2.24, 2.45) is 0 Å². The summed E-state index contributed by atoms with van der Waals surface area (Å²) in [5.41, 5.74) is 3.18. The van der Waals surface area contributed by atoms with E-state index in [4.69, 9.17) is 0 Å². The molecule has 0 bridgehead atoms. The van der Waals surface area contributed by atoms with Crippen LogP contribution >= 0.6 is 0 Å². The molecule has 150 valence electrons. The summed E-state index contributed by atoms with van der Waals surface area (Å²) in [5, 5.41) is 21.1. The van der Waals surface area contributed by atoms with Gasteiger partial charge in [-0.1, -0.05) is 18.2 Å². The molecule has 0 atom stereocenters. The second-order valence-electron chi connectivity index (χ2n) is 6.59. The highest BCUT2D eigenvalue weighted by molar-refractivity contribution is 5.76. The molecule has 1 aromatic carbocycles. The van der Waals surface area contributed by atoms with Crippen LogP contribution in [0, 0.1) is 24.0 Å². The molecule has 3 rings (SSSR count). The van der Waals surface area contributed by atoms with Crippen molar-refractivity contribution in [3.05, 3.63) is 75.7 Å². The average molecular weight is 394 g/mol. The normalized spacial score (nSPS) is 10.6. The van der Waals surface area contributed by atoms with Gasteiger partial charge in [-0.25, -0.2) is 9.67 Å². The molecule has 0 radical (unpaired) electrons. The van der Waals surface area contributed by atoms with E-state index < -0.39 is 4.92 Å². The molecule has 0 saturated heterocycles. The number of carbonyl (C=O) groups excluding carboxylic acids is 1. The summed E-state index contributed by atoms with van der Waals surface area (Å²) in [6, 6.07) is 12.1. The number of pyridine rings is 1. The molecule has 2 aromatic heterocycles. The van der Waals surface area contributed by atoms with Crippen LogP contribution in [0.15, 0.2) is 48.7 Å². The Morgan fingerprint density at radius 3 is 2.66 bits per heavy atom. The van der Waals surface area contributed by atoms with Crippen LogP contribution in [0.5, 0.6) is 0 Å². The average Bonchev–Trinajstić information content (AvgIpc) is 3.05. The predicted molar refractivity (Wildman–Crippen MR) is 109 cm³/mol. The van der Waals surface area contributed by atoms with Gasteiger partial charge in [0.1, 0.15) is 5.69 Å². The Balaban J connectivity index is 1.47. The molecule has 0 saturated carbocycles. The van der Waals surface area contributed by atoms with Gasteiger partial charge in [0.05, 0.1) is 10.6 Å². The fourth-order valence-corrected chi connectivity index (χ4v) is 2.89. The number of nitrogens with zero attached hydrogens (tertiary/aromatic N) is 4. The smallest absolute Gasteiger partial charge is 0.292 e. The van der Waals surface area contributed by atoms with E-state index in [0.717, 1.165) is 22.8 Å². The lowest BCUT2D eigenvalue weighted by Gasteiger charge is -2.09. The minimum absolute atomic E-state index is 0.0123. The number of aromatic nitrogens is 3. The van der Waals surface area contributed by atoms with Crippen molar-refractivity contribution in [3.8, 4) is 5.82 Å². The van der Waals surface area contributed by atoms with Crippen LogP contribution in [0.25, 0.3) is 5.82 Å². The topological polar surface area (TPSA) is 115 Å². The number of hydrogen-bond donors (Lipinski definition) is 2. The standard InChI is InChI=1S/C20H22N6O3/c1-14-11-15(2)25(24-14)19-8-7-16(12-22-19)13-23-20(27)9-10-21-17-5-3-4-6-18(17)26(28)29/h3-8,11-12,21H,9-10,13H2,1-2H3,(H,23,27). The Kier molecular flexibility index (Phi) is 6.18. The van der Waals surface area contributed by atoms with Gasteiger partial charge in [-0.2, -0.15) is 5.10 Å². The lowest BCUT2D eigenvalue weighted by molar-refractivity contribution is -0.384. The van der Waals surface area contributed by atoms with E-state index in [9.17, 15) is 14.9 Å². The SMILES string of the molecule is Cc1cc(C)n(-c2ccc(CNC(=O)CCNc3ccccc3[N+](=O)[O-])cn2)n1. The van der Waals surface area contributed by atoms with Crippen molar-refractivity contribution in [2.75, 3.05) is 11.9 Å². The van der Waals surface area contributed by atoms with Gasteiger partial charge in [0, 0.05) is 37.5 Å². The molecule has 2 N–H and O–H groups in total. The quantitative estimate of drug-likeness (QED) is 0.448. The van der Waals surface area contributed by atoms with Crippen molar-refractivity contribution in [3.63, 3.8) is 0 Å². The van der Waals surface area contributed by atoms with Gasteiger partial charge < -0.3 is 10.6 Å². The van der Waals surface area contributed by atoms with Gasteiger partial charge in [0.25, 0.3) is 5.69 Å². The van der Waals surface area contributed by atoms with Crippen LogP contribution in [-0.4, -0.2) is 32.1 Å². The maximum absolute atomic E-state index is 12.0. The zero-order valence-electron chi connectivity index (χ0n) is 16.3. The first kappa shape index (κ1) is 20.0. The van der Waals surface area contributed by atoms with Gasteiger partial charge in [-0.15, -0.1) is 0 Å². The number of benzene rings is 1. The number of anilines is 1. The van der Waals surface area contributed by atoms with Gasteiger partial charge in [0.15, 0.2) is 5.82 Å². The first-order chi connectivity index (χ1) is 13.9. The summed E-state index contributed by atoms with van der Waals surface area (Å²) in [7, 11) is 0. The number of nitrogens with one attached hydrogen (secondary N) is 2. The van der Waals surface area contributed by atoms with Crippen LogP contribution < -0.4 is 10.6 Å². The third-order valence-corrected chi connectivity index (χ3v) is 4.29. The van der Waals surface area contributed by atoms with E-state index in [-0.39, 0.29) is 18.0 Å². The van der Waals surface area contributed by atoms with Crippen molar-refractivity contribution in [2.45, 2.75) is 26.8 Å². The second-order valence-corrected chi connectivity index (χ2v) is 6.59. The zero-order chi connectivity index (χ0) is 20.8. The first-order valence-corrected chi connectivity index (χ1v) is 9.16. The molecular weight excluding hydrogens is 372 g/mol. The molecule has 2 heterocycles. The Morgan fingerprint density at radius 1 is 1.21 bits per heavy atom. The van der Waals surface area contributed by atoms with Crippen LogP contribution in [0.2, 0.25) is 0 Å². The van der Waals surface area contributed by atoms with Gasteiger partial charge in [0.2, 0.25) is 5.91 Å². The van der Waals surface area contributed by atoms with E-state index in [1.165, 1.54) is 6.07 Å². The molecular formula is C20H22N6O3. The van der Waals surface area contributed by atoms with Gasteiger partial charge >= 0.3 is 0 Å². The van der Waals surface area contributed by atoms with E-state index in [0.29, 0.717) is 18.8 Å². The van der Waals surface area contributed by atoms with Crippen molar-refractivity contribution < 1.29 is 9.72 Å². The predicted octanol–water partition coefficient (Wildman–Crippen LogP) is 2.91. The number of hydrogen-bond acceptors (Lipinski definition) is 6. The maximum atomic E-state index is 12.0. The van der Waals surface area contributed by atoms with Crippen molar-refractivity contribution >= 4 is 17.3 Å². The molecule has 0 unspecified atom stereocenters. The third kappa shape index (κ3) is 5.16. The molecule has 9 heteroatoms. The maximum Gasteiger partial charge on any atom is 0.292 e. The summed E-state index contributed by atoms with van der Waals surface area (Å²) >= 11 is 0. The third-order valence-electron chi connectivity index (χ3n) is 4.29. The molecule has 3 aromatic rings. The second kappa shape index (κ2) is 8.96. The molecule has 1 amide bonds. The first-order valence-electron chi connectivity index (χ1n) is 9.16. The van der Waals surface area contributed by atoms with E-state index in [2.05, 4.69) is 20.7 Å². The number of rotatable bonds is 8. The van der Waals surface area contributed by atoms with Crippen LogP contribution in [0.1, 0.15) is 23.4 Å². The van der Waals surface area contributed by atoms with Gasteiger partial charge in [-0.05, 0) is 37.6 Å². The Labute approximate surface area is 167 Å². The number of nitro benzene ring substituents is 1. The largest absolute Gasteiger partial charge is 0.379 e. The highest BCUT2D eigenvalue weighted by atomic mass is 16.6. The fourth-order valence-electron chi connectivity index (χ4n) is 2.89. The minimum Gasteiger partial charge on any atom is -0.379 e. The Hall–Kier alpha value is -3.75. The van der Waals surface area contributed by atoms with Crippen LogP contribution in [0.4, 0.5) is 11.4 Å². The minimum atomic E-state index is -0.453. The number of nitro groups is 1. The fraction of sp³-hybridized carbons (Fsp3) is 0.250. The van der Waals surface area contributed by atoms with Crippen LogP contribution in [-0.2, 0) is 11.3 Å². The molecule has 0 aliphatic rings.